The number of nitrogens with zero attached hydrogens (tertiary/aromatic N) is 3. The fourth-order valence-corrected chi connectivity index (χ4v) is 5.95. The Kier molecular flexibility index (Phi) is 7.27. The lowest BCUT2D eigenvalue weighted by Gasteiger charge is -2.25. The number of carbonyl (C=O) groups is 1. The molecule has 1 saturated heterocycles. The summed E-state index contributed by atoms with van der Waals surface area (Å²) in [6, 6.07) is 14.1. The number of nitrogens with one attached hydrogen (secondary N) is 3. The molecular formula is C28H30N6O4S. The molecule has 2 aromatic carbocycles. The van der Waals surface area contributed by atoms with Crippen LogP contribution in [0.15, 0.2) is 53.6 Å². The molecule has 2 fully saturated rings. The second-order valence-corrected chi connectivity index (χ2v) is 10.7. The lowest BCUT2D eigenvalue weighted by Crippen LogP contribution is -2.30. The molecule has 2 unspecified atom stereocenters. The van der Waals surface area contributed by atoms with E-state index in [1.807, 2.05) is 30.5 Å². The zero-order chi connectivity index (χ0) is 26.8. The molecule has 1 saturated carbocycles. The second-order valence-electron chi connectivity index (χ2n) is 9.52. The Morgan fingerprint density at radius 1 is 1.08 bits per heavy atom. The number of hydrogen-bond acceptors (Lipinski definition) is 9. The minimum atomic E-state index is 0.308. The van der Waals surface area contributed by atoms with Crippen molar-refractivity contribution >= 4 is 46.6 Å². The van der Waals surface area contributed by atoms with Crippen molar-refractivity contribution in [3.8, 4) is 11.5 Å². The van der Waals surface area contributed by atoms with Gasteiger partial charge in [0.1, 0.15) is 5.75 Å². The molecule has 10 nitrogen and oxygen atoms in total. The smallest absolute Gasteiger partial charge is 0.211 e. The van der Waals surface area contributed by atoms with Crippen molar-refractivity contribution in [2.75, 3.05) is 51.2 Å². The van der Waals surface area contributed by atoms with E-state index in [0.29, 0.717) is 35.6 Å². The van der Waals surface area contributed by atoms with Crippen molar-refractivity contribution < 1.29 is 19.0 Å². The molecule has 39 heavy (non-hydrogen) atoms. The van der Waals surface area contributed by atoms with Crippen molar-refractivity contribution in [1.29, 1.82) is 0 Å². The van der Waals surface area contributed by atoms with Gasteiger partial charge in [0.2, 0.25) is 6.41 Å². The zero-order valence-electron chi connectivity index (χ0n) is 21.8. The maximum Gasteiger partial charge on any atom is 0.211 e. The number of rotatable bonds is 10. The molecule has 1 aliphatic heterocycles. The number of aromatic nitrogens is 3. The van der Waals surface area contributed by atoms with Crippen LogP contribution in [0.1, 0.15) is 29.4 Å². The van der Waals surface area contributed by atoms with Gasteiger partial charge in [-0.1, -0.05) is 6.07 Å². The summed E-state index contributed by atoms with van der Waals surface area (Å²) in [4.78, 5) is 16.7. The standard InChI is InChI=1S/C28H30N6O4S/c1-36-18-4-6-24(30-16-35)23(12-18)22-14-21(22)17-3-5-20-25(11-17)32-33-27(20)31-28-26(37-2)13-19(15-29-28)39-34-7-9-38-10-8-34/h3-6,11-13,15-16,21-22H,7-10,14H2,1-2H3,(H,30,35)(H2,29,31,32,33). The molecule has 11 heteroatoms. The van der Waals surface area contributed by atoms with Crippen LogP contribution in [0.3, 0.4) is 0 Å². The van der Waals surface area contributed by atoms with Gasteiger partial charge in [-0.05, 0) is 71.7 Å². The predicted molar refractivity (Wildman–Crippen MR) is 151 cm³/mol. The van der Waals surface area contributed by atoms with Gasteiger partial charge in [-0.2, -0.15) is 5.10 Å². The van der Waals surface area contributed by atoms with Gasteiger partial charge in [0, 0.05) is 41.3 Å². The van der Waals surface area contributed by atoms with Gasteiger partial charge in [-0.25, -0.2) is 9.29 Å². The predicted octanol–water partition coefficient (Wildman–Crippen LogP) is 4.90. The van der Waals surface area contributed by atoms with E-state index < -0.39 is 0 Å². The Bertz CT molecular complexity index is 1490. The van der Waals surface area contributed by atoms with Gasteiger partial charge in [-0.3, -0.25) is 9.89 Å². The number of H-pyrrole nitrogens is 1. The Balaban J connectivity index is 1.19. The van der Waals surface area contributed by atoms with Crippen molar-refractivity contribution in [3.05, 3.63) is 59.8 Å². The third-order valence-electron chi connectivity index (χ3n) is 7.17. The fourth-order valence-electron chi connectivity index (χ4n) is 5.06. The highest BCUT2D eigenvalue weighted by molar-refractivity contribution is 7.97. The molecule has 3 heterocycles. The molecule has 3 N–H and O–H groups in total. The number of anilines is 3. The van der Waals surface area contributed by atoms with Crippen LogP contribution in [0.5, 0.6) is 11.5 Å². The van der Waals surface area contributed by atoms with Crippen LogP contribution in [-0.2, 0) is 9.53 Å². The number of benzene rings is 2. The maximum atomic E-state index is 11.1. The summed E-state index contributed by atoms with van der Waals surface area (Å²) in [7, 11) is 3.29. The number of morpholine rings is 1. The monoisotopic (exact) mass is 546 g/mol. The Hall–Kier alpha value is -3.80. The molecule has 1 aliphatic carbocycles. The normalized spacial score (nSPS) is 19.0. The first-order chi connectivity index (χ1) is 19.2. The SMILES string of the molecule is COc1ccc(NC=O)c(C2CC2c2ccc3c(Nc4ncc(SN5CCOCC5)cc4OC)n[nH]c3c2)c1. The summed E-state index contributed by atoms with van der Waals surface area (Å²) in [6.07, 6.45) is 3.56. The van der Waals surface area contributed by atoms with Gasteiger partial charge in [0.15, 0.2) is 17.4 Å². The van der Waals surface area contributed by atoms with Crippen LogP contribution in [0.2, 0.25) is 0 Å². The molecule has 4 aromatic rings. The number of hydrogen-bond donors (Lipinski definition) is 3. The average molecular weight is 547 g/mol. The minimum Gasteiger partial charge on any atom is -0.497 e. The summed E-state index contributed by atoms with van der Waals surface area (Å²) >= 11 is 1.66. The summed E-state index contributed by atoms with van der Waals surface area (Å²) < 4.78 is 18.8. The highest BCUT2D eigenvalue weighted by Crippen LogP contribution is 2.57. The number of ether oxygens (including phenoxy) is 3. The quantitative estimate of drug-likeness (QED) is 0.189. The number of fused-ring (bicyclic) bond motifs is 1. The van der Waals surface area contributed by atoms with E-state index in [1.54, 1.807) is 26.2 Å². The van der Waals surface area contributed by atoms with Crippen LogP contribution in [0, 0.1) is 0 Å². The molecule has 2 aliphatic rings. The zero-order valence-corrected chi connectivity index (χ0v) is 22.6. The van der Waals surface area contributed by atoms with Crippen molar-refractivity contribution in [3.63, 3.8) is 0 Å². The number of pyridine rings is 1. The van der Waals surface area contributed by atoms with Crippen LogP contribution in [0.25, 0.3) is 10.9 Å². The third kappa shape index (κ3) is 5.38. The first-order valence-electron chi connectivity index (χ1n) is 12.8. The van der Waals surface area contributed by atoms with Gasteiger partial charge in [-0.15, -0.1) is 0 Å². The van der Waals surface area contributed by atoms with Crippen molar-refractivity contribution in [2.45, 2.75) is 23.2 Å². The Morgan fingerprint density at radius 3 is 2.74 bits per heavy atom. The molecule has 2 aromatic heterocycles. The summed E-state index contributed by atoms with van der Waals surface area (Å²) in [5.41, 5.74) is 4.08. The number of methoxy groups -OCH3 is 2. The summed E-state index contributed by atoms with van der Waals surface area (Å²) in [5, 5.41) is 14.8. The highest BCUT2D eigenvalue weighted by Gasteiger charge is 2.41. The van der Waals surface area contributed by atoms with E-state index in [2.05, 4.69) is 48.3 Å². The Labute approximate surface area is 230 Å². The summed E-state index contributed by atoms with van der Waals surface area (Å²) in [6.45, 7) is 3.25. The number of aromatic amines is 1. The van der Waals surface area contributed by atoms with Crippen LogP contribution in [-0.4, -0.2) is 66.4 Å². The van der Waals surface area contributed by atoms with E-state index >= 15 is 0 Å². The molecule has 0 bridgehead atoms. The van der Waals surface area contributed by atoms with Crippen molar-refractivity contribution in [1.82, 2.24) is 19.5 Å². The van der Waals surface area contributed by atoms with E-state index in [9.17, 15) is 4.79 Å². The lowest BCUT2D eigenvalue weighted by molar-refractivity contribution is -0.105. The van der Waals surface area contributed by atoms with E-state index in [0.717, 1.165) is 65.5 Å². The molecule has 1 amide bonds. The third-order valence-corrected chi connectivity index (χ3v) is 8.22. The average Bonchev–Trinajstić information content (AvgIpc) is 3.68. The van der Waals surface area contributed by atoms with Crippen LogP contribution >= 0.6 is 11.9 Å². The maximum absolute atomic E-state index is 11.1. The van der Waals surface area contributed by atoms with Crippen molar-refractivity contribution in [2.24, 2.45) is 0 Å². The van der Waals surface area contributed by atoms with Gasteiger partial charge < -0.3 is 24.8 Å². The molecule has 2 atom stereocenters. The molecular weight excluding hydrogens is 516 g/mol. The largest absolute Gasteiger partial charge is 0.497 e. The first kappa shape index (κ1) is 25.5. The number of carbonyl (C=O) groups excluding carboxylic acids is 1. The Morgan fingerprint density at radius 2 is 1.95 bits per heavy atom. The van der Waals surface area contributed by atoms with E-state index in [4.69, 9.17) is 14.2 Å². The minimum absolute atomic E-state index is 0.308. The lowest BCUT2D eigenvalue weighted by atomic mass is 10.0. The topological polar surface area (TPSA) is 114 Å². The first-order valence-corrected chi connectivity index (χ1v) is 13.6. The molecule has 0 radical (unpaired) electrons. The number of amides is 1. The molecule has 202 valence electrons. The van der Waals surface area contributed by atoms with E-state index in [1.165, 1.54) is 5.56 Å². The second kappa shape index (κ2) is 11.1. The van der Waals surface area contributed by atoms with Gasteiger partial charge in [0.05, 0.1) is 33.0 Å². The van der Waals surface area contributed by atoms with Gasteiger partial charge in [0.25, 0.3) is 0 Å². The molecule has 6 rings (SSSR count). The summed E-state index contributed by atoms with van der Waals surface area (Å²) in [5.74, 6) is 3.39. The van der Waals surface area contributed by atoms with Crippen LogP contribution < -0.4 is 20.1 Å². The van der Waals surface area contributed by atoms with E-state index in [-0.39, 0.29) is 0 Å². The highest BCUT2D eigenvalue weighted by atomic mass is 32.2. The van der Waals surface area contributed by atoms with Crippen LogP contribution in [0.4, 0.5) is 17.3 Å². The molecule has 0 spiro atoms. The van der Waals surface area contributed by atoms with Gasteiger partial charge >= 0.3 is 0 Å². The fraction of sp³-hybridized carbons (Fsp3) is 0.321.